The van der Waals surface area contributed by atoms with E-state index in [-0.39, 0.29) is 5.82 Å². The zero-order valence-corrected chi connectivity index (χ0v) is 30.0. The summed E-state index contributed by atoms with van der Waals surface area (Å²) in [6, 6.07) is 40.4. The topological polar surface area (TPSA) is 160 Å². The van der Waals surface area contributed by atoms with Crippen LogP contribution in [0.1, 0.15) is 23.7 Å². The van der Waals surface area contributed by atoms with Gasteiger partial charge in [-0.05, 0) is 90.3 Å². The van der Waals surface area contributed by atoms with E-state index in [0.717, 1.165) is 46.1 Å². The number of ether oxygens (including phenoxy) is 1. The first-order valence-corrected chi connectivity index (χ1v) is 17.7. The molecular weight excluding hydrogens is 696 g/mol. The van der Waals surface area contributed by atoms with Gasteiger partial charge in [-0.2, -0.15) is 20.2 Å². The fourth-order valence-electron chi connectivity index (χ4n) is 5.58. The van der Waals surface area contributed by atoms with E-state index in [4.69, 9.17) is 22.1 Å². The number of nitriles is 1. The van der Waals surface area contributed by atoms with Gasteiger partial charge in [0.05, 0.1) is 12.3 Å². The van der Waals surface area contributed by atoms with Crippen LogP contribution in [-0.2, 0) is 12.8 Å². The van der Waals surface area contributed by atoms with Crippen LogP contribution in [0.2, 0.25) is 5.02 Å². The number of anilines is 7. The van der Waals surface area contributed by atoms with Gasteiger partial charge in [0.25, 0.3) is 0 Å². The number of nitrogens with two attached hydrogens (primary N) is 1. The van der Waals surface area contributed by atoms with Crippen LogP contribution in [-0.4, -0.2) is 31.5 Å². The number of nitrogens with zero attached hydrogens (tertiary/aromatic N) is 6. The molecule has 266 valence electrons. The van der Waals surface area contributed by atoms with Gasteiger partial charge in [-0.1, -0.05) is 67.1 Å². The number of hydrogen-bond donors (Lipinski definition) is 4. The van der Waals surface area contributed by atoms with Crippen molar-refractivity contribution in [1.29, 1.82) is 5.26 Å². The molecule has 0 saturated carbocycles. The van der Waals surface area contributed by atoms with Crippen molar-refractivity contribution in [3.05, 3.63) is 149 Å². The maximum Gasteiger partial charge on any atom is 0.233 e. The van der Waals surface area contributed by atoms with E-state index >= 15 is 0 Å². The smallest absolute Gasteiger partial charge is 0.233 e. The zero-order chi connectivity index (χ0) is 37.3. The second-order valence-corrected chi connectivity index (χ2v) is 12.6. The second-order valence-electron chi connectivity index (χ2n) is 12.2. The first-order valence-electron chi connectivity index (χ1n) is 17.3. The summed E-state index contributed by atoms with van der Waals surface area (Å²) in [4.78, 5) is 22.8. The van der Waals surface area contributed by atoms with Crippen LogP contribution in [0, 0.1) is 11.3 Å². The van der Waals surface area contributed by atoms with E-state index in [1.165, 1.54) is 5.56 Å². The monoisotopic (exact) mass is 730 g/mol. The third kappa shape index (κ3) is 8.88. The summed E-state index contributed by atoms with van der Waals surface area (Å²) in [5, 5.41) is 20.3. The van der Waals surface area contributed by atoms with Crippen molar-refractivity contribution < 1.29 is 4.74 Å². The van der Waals surface area contributed by atoms with Crippen molar-refractivity contribution in [2.24, 2.45) is 0 Å². The number of benzene rings is 4. The summed E-state index contributed by atoms with van der Waals surface area (Å²) >= 11 is 6.08. The molecule has 0 saturated heterocycles. The fourth-order valence-corrected chi connectivity index (χ4v) is 5.71. The van der Waals surface area contributed by atoms with Crippen molar-refractivity contribution in [3.8, 4) is 34.2 Å². The molecule has 0 bridgehead atoms. The van der Waals surface area contributed by atoms with Gasteiger partial charge in [0.2, 0.25) is 17.8 Å². The maximum atomic E-state index is 9.99. The third-order valence-electron chi connectivity index (χ3n) is 8.45. The number of hydrogen-bond acceptors (Lipinski definition) is 11. The molecule has 54 heavy (non-hydrogen) atoms. The predicted octanol–water partition coefficient (Wildman–Crippen LogP) is 9.52. The third-order valence-corrected chi connectivity index (χ3v) is 8.70. The molecule has 3 heterocycles. The minimum Gasteiger partial charge on any atom is -0.493 e. The first-order chi connectivity index (χ1) is 26.4. The molecule has 11 nitrogen and oxygen atoms in total. The number of aryl methyl sites for hydroxylation is 1. The average Bonchev–Trinajstić information content (AvgIpc) is 3.19. The van der Waals surface area contributed by atoms with Gasteiger partial charge in [-0.3, -0.25) is 4.98 Å². The van der Waals surface area contributed by atoms with E-state index in [1.807, 2.05) is 109 Å². The largest absolute Gasteiger partial charge is 0.493 e. The van der Waals surface area contributed by atoms with Crippen molar-refractivity contribution in [1.82, 2.24) is 24.9 Å². The molecule has 0 unspecified atom stereocenters. The molecule has 7 aromatic rings. The van der Waals surface area contributed by atoms with Gasteiger partial charge in [-0.25, -0.2) is 4.98 Å². The Bertz CT molecular complexity index is 2380. The minimum absolute atomic E-state index is 0.151. The summed E-state index contributed by atoms with van der Waals surface area (Å²) < 4.78 is 5.98. The summed E-state index contributed by atoms with van der Waals surface area (Å²) in [6.45, 7) is 2.61. The molecule has 0 amide bonds. The second kappa shape index (κ2) is 16.5. The number of para-hydroxylation sites is 1. The van der Waals surface area contributed by atoms with E-state index < -0.39 is 0 Å². The maximum absolute atomic E-state index is 9.99. The summed E-state index contributed by atoms with van der Waals surface area (Å²) in [6.07, 6.45) is 3.57. The van der Waals surface area contributed by atoms with Crippen molar-refractivity contribution in [2.75, 3.05) is 28.3 Å². The molecule has 4 aromatic carbocycles. The summed E-state index contributed by atoms with van der Waals surface area (Å²) in [5.41, 5.74) is 14.1. The van der Waals surface area contributed by atoms with Gasteiger partial charge in [-0.15, -0.1) is 0 Å². The van der Waals surface area contributed by atoms with E-state index in [1.54, 1.807) is 12.1 Å². The average molecular weight is 731 g/mol. The molecule has 0 fully saturated rings. The number of rotatable bonds is 13. The van der Waals surface area contributed by atoms with Crippen LogP contribution in [0.25, 0.3) is 22.4 Å². The van der Waals surface area contributed by atoms with Gasteiger partial charge in [0, 0.05) is 51.5 Å². The fraction of sp³-hybridized carbons (Fsp3) is 0.0952. The molecule has 0 spiro atoms. The Morgan fingerprint density at radius 2 is 1.30 bits per heavy atom. The molecule has 0 radical (unpaired) electrons. The van der Waals surface area contributed by atoms with Crippen LogP contribution in [0.3, 0.4) is 0 Å². The number of aromatic nitrogens is 5. The van der Waals surface area contributed by atoms with E-state index in [0.29, 0.717) is 52.7 Å². The molecule has 7 rings (SSSR count). The number of pyridine rings is 2. The molecule has 12 heteroatoms. The van der Waals surface area contributed by atoms with Crippen LogP contribution < -0.4 is 26.4 Å². The number of nitrogen functional groups attached to an aromatic ring is 1. The summed E-state index contributed by atoms with van der Waals surface area (Å²) in [7, 11) is 0. The van der Waals surface area contributed by atoms with Crippen LogP contribution >= 0.6 is 11.6 Å². The molecule has 5 N–H and O–H groups in total. The van der Waals surface area contributed by atoms with Gasteiger partial charge >= 0.3 is 0 Å². The van der Waals surface area contributed by atoms with Crippen molar-refractivity contribution in [3.63, 3.8) is 0 Å². The predicted molar refractivity (Wildman–Crippen MR) is 215 cm³/mol. The quantitative estimate of drug-likeness (QED) is 0.0895. The molecule has 0 aliphatic rings. The lowest BCUT2D eigenvalue weighted by Crippen LogP contribution is -2.07. The normalized spacial score (nSPS) is 10.7. The van der Waals surface area contributed by atoms with Crippen LogP contribution in [0.4, 0.5) is 40.7 Å². The zero-order valence-electron chi connectivity index (χ0n) is 29.3. The van der Waals surface area contributed by atoms with E-state index in [9.17, 15) is 5.26 Å². The standard InChI is InChI=1S/C42H35ClN10O/c1-2-27-8-15-31(46-26-27)22-23-54-35-20-11-28(12-21-35)36-24-38(50-39(45)37(36)25-44)29-9-16-33(17-10-29)48-41-51-40(47-32-6-4-3-5-7-32)52-42(53-41)49-34-18-13-30(43)14-19-34/h3-21,24,26H,2,22-23H2,1H3,(H2,45,50)(H3,47,48,49,51,52,53). The highest BCUT2D eigenvalue weighted by Crippen LogP contribution is 2.33. The molecule has 0 atom stereocenters. The van der Waals surface area contributed by atoms with Crippen LogP contribution in [0.15, 0.2) is 128 Å². The lowest BCUT2D eigenvalue weighted by Gasteiger charge is -2.13. The Morgan fingerprint density at radius 1 is 0.704 bits per heavy atom. The minimum atomic E-state index is 0.151. The van der Waals surface area contributed by atoms with Crippen molar-refractivity contribution >= 4 is 52.3 Å². The molecule has 3 aromatic heterocycles. The Kier molecular flexibility index (Phi) is 10.8. The van der Waals surface area contributed by atoms with Crippen molar-refractivity contribution in [2.45, 2.75) is 19.8 Å². The van der Waals surface area contributed by atoms with Gasteiger partial charge < -0.3 is 26.4 Å². The molecule has 0 aliphatic carbocycles. The highest BCUT2D eigenvalue weighted by Gasteiger charge is 2.15. The first kappa shape index (κ1) is 35.4. The Morgan fingerprint density at radius 3 is 1.87 bits per heavy atom. The van der Waals surface area contributed by atoms with Gasteiger partial charge in [0.15, 0.2) is 0 Å². The Hall–Kier alpha value is -7.03. The molecule has 0 aliphatic heterocycles. The highest BCUT2D eigenvalue weighted by molar-refractivity contribution is 6.30. The van der Waals surface area contributed by atoms with Crippen LogP contribution in [0.5, 0.6) is 5.75 Å². The van der Waals surface area contributed by atoms with Gasteiger partial charge in [0.1, 0.15) is 23.2 Å². The lowest BCUT2D eigenvalue weighted by molar-refractivity contribution is 0.320. The number of nitrogens with one attached hydrogen (secondary N) is 3. The Balaban J connectivity index is 1.07. The highest BCUT2D eigenvalue weighted by atomic mass is 35.5. The summed E-state index contributed by atoms with van der Waals surface area (Å²) in [5.74, 6) is 1.89. The Labute approximate surface area is 317 Å². The number of halogens is 1. The SMILES string of the molecule is CCc1ccc(CCOc2ccc(-c3cc(-c4ccc(Nc5nc(Nc6ccccc6)nc(Nc6ccc(Cl)cc6)n5)cc4)nc(N)c3C#N)cc2)nc1. The van der Waals surface area contributed by atoms with E-state index in [2.05, 4.69) is 59.9 Å². The lowest BCUT2D eigenvalue weighted by atomic mass is 9.98. The molecular formula is C42H35ClN10O.